The molecule has 2 aromatic rings. The van der Waals surface area contributed by atoms with Crippen LogP contribution in [0.25, 0.3) is 0 Å². The molecular weight excluding hydrogens is 256 g/mol. The highest BCUT2D eigenvalue weighted by atomic mass is 16.1. The van der Waals surface area contributed by atoms with Crippen molar-refractivity contribution in [2.24, 2.45) is 0 Å². The molecule has 1 heteroatoms. The molecule has 0 heterocycles. The van der Waals surface area contributed by atoms with Gasteiger partial charge in [0.05, 0.1) is 0 Å². The number of rotatable bonds is 3. The molecule has 0 amide bonds. The molecule has 0 unspecified atom stereocenters. The Morgan fingerprint density at radius 3 is 2.05 bits per heavy atom. The first-order chi connectivity index (χ1) is 10.2. The van der Waals surface area contributed by atoms with Crippen molar-refractivity contribution in [3.05, 3.63) is 94.6 Å². The summed E-state index contributed by atoms with van der Waals surface area (Å²) < 4.78 is 0. The zero-order chi connectivity index (χ0) is 14.8. The molecular formula is C20H18O. The summed E-state index contributed by atoms with van der Waals surface area (Å²) in [6.45, 7) is 4.24. The van der Waals surface area contributed by atoms with Crippen LogP contribution in [0.3, 0.4) is 0 Å². The van der Waals surface area contributed by atoms with Crippen molar-refractivity contribution in [1.29, 1.82) is 0 Å². The van der Waals surface area contributed by atoms with Crippen molar-refractivity contribution in [3.63, 3.8) is 0 Å². The fourth-order valence-electron chi connectivity index (χ4n) is 2.77. The minimum absolute atomic E-state index is 0.0928. The van der Waals surface area contributed by atoms with E-state index >= 15 is 0 Å². The highest BCUT2D eigenvalue weighted by Gasteiger charge is 2.20. The van der Waals surface area contributed by atoms with E-state index in [4.69, 9.17) is 0 Å². The Bertz CT molecular complexity index is 717. The van der Waals surface area contributed by atoms with Crippen LogP contribution >= 0.6 is 0 Å². The molecule has 2 aromatic carbocycles. The molecule has 0 radical (unpaired) electrons. The maximum absolute atomic E-state index is 12.7. The van der Waals surface area contributed by atoms with E-state index in [0.29, 0.717) is 0 Å². The molecule has 0 aliphatic heterocycles. The Kier molecular flexibility index (Phi) is 3.57. The highest BCUT2D eigenvalue weighted by molar-refractivity contribution is 6.10. The van der Waals surface area contributed by atoms with Crippen molar-refractivity contribution in [2.45, 2.75) is 19.8 Å². The van der Waals surface area contributed by atoms with Gasteiger partial charge in [0.15, 0.2) is 5.78 Å². The van der Waals surface area contributed by atoms with Gasteiger partial charge in [-0.3, -0.25) is 4.79 Å². The zero-order valence-electron chi connectivity index (χ0n) is 12.3. The van der Waals surface area contributed by atoms with Gasteiger partial charge in [0.2, 0.25) is 0 Å². The van der Waals surface area contributed by atoms with Crippen LogP contribution in [0.4, 0.5) is 0 Å². The number of allylic oxidation sites excluding steroid dienone is 4. The quantitative estimate of drug-likeness (QED) is 0.727. The van der Waals surface area contributed by atoms with E-state index < -0.39 is 0 Å². The summed E-state index contributed by atoms with van der Waals surface area (Å²) >= 11 is 0. The fourth-order valence-corrected chi connectivity index (χ4v) is 2.77. The molecule has 0 saturated heterocycles. The largest absolute Gasteiger partial charge is 0.289 e. The minimum Gasteiger partial charge on any atom is -0.289 e. The zero-order valence-corrected chi connectivity index (χ0v) is 12.3. The second-order valence-corrected chi connectivity index (χ2v) is 5.51. The molecule has 0 fully saturated rings. The second kappa shape index (κ2) is 5.53. The molecule has 104 valence electrons. The monoisotopic (exact) mass is 274 g/mol. The molecule has 0 atom stereocenters. The average Bonchev–Trinajstić information content (AvgIpc) is 2.87. The number of carbonyl (C=O) groups is 1. The molecule has 3 rings (SSSR count). The summed E-state index contributed by atoms with van der Waals surface area (Å²) in [5.74, 6) is 0.295. The van der Waals surface area contributed by atoms with Crippen LogP contribution in [0.15, 0.2) is 77.9 Å². The summed E-state index contributed by atoms with van der Waals surface area (Å²) in [5, 5.41) is 0. The number of ketones is 1. The Labute approximate surface area is 125 Å². The third-order valence-corrected chi connectivity index (χ3v) is 4.08. The van der Waals surface area contributed by atoms with Crippen molar-refractivity contribution in [3.8, 4) is 0 Å². The predicted molar refractivity (Wildman–Crippen MR) is 86.6 cm³/mol. The summed E-state index contributed by atoms with van der Waals surface area (Å²) in [5.41, 5.74) is 5.21. The maximum Gasteiger partial charge on any atom is 0.193 e. The topological polar surface area (TPSA) is 17.1 Å². The normalized spacial score (nSPS) is 14.8. The number of hydrogen-bond acceptors (Lipinski definition) is 1. The van der Waals surface area contributed by atoms with Crippen LogP contribution in [-0.4, -0.2) is 5.78 Å². The van der Waals surface area contributed by atoms with Gasteiger partial charge in [-0.05, 0) is 19.4 Å². The van der Waals surface area contributed by atoms with Gasteiger partial charge in [-0.2, -0.15) is 0 Å². The van der Waals surface area contributed by atoms with Crippen molar-refractivity contribution in [2.75, 3.05) is 0 Å². The third kappa shape index (κ3) is 2.59. The van der Waals surface area contributed by atoms with Crippen molar-refractivity contribution >= 4 is 5.78 Å². The molecule has 0 N–H and O–H groups in total. The van der Waals surface area contributed by atoms with Gasteiger partial charge >= 0.3 is 0 Å². The predicted octanol–water partition coefficient (Wildman–Crippen LogP) is 4.91. The summed E-state index contributed by atoms with van der Waals surface area (Å²) in [4.78, 5) is 12.7. The van der Waals surface area contributed by atoms with Crippen molar-refractivity contribution in [1.82, 2.24) is 0 Å². The Morgan fingerprint density at radius 2 is 1.38 bits per heavy atom. The Balaban J connectivity index is 2.04. The van der Waals surface area contributed by atoms with E-state index in [1.54, 1.807) is 0 Å². The van der Waals surface area contributed by atoms with Gasteiger partial charge < -0.3 is 0 Å². The Morgan fingerprint density at radius 1 is 0.810 bits per heavy atom. The minimum atomic E-state index is 0.0928. The lowest BCUT2D eigenvalue weighted by Gasteiger charge is -2.12. The van der Waals surface area contributed by atoms with Crippen LogP contribution in [0.2, 0.25) is 0 Å². The second-order valence-electron chi connectivity index (χ2n) is 5.51. The van der Waals surface area contributed by atoms with Crippen LogP contribution in [-0.2, 0) is 0 Å². The van der Waals surface area contributed by atoms with E-state index in [0.717, 1.165) is 16.7 Å². The molecule has 0 spiro atoms. The first-order valence-corrected chi connectivity index (χ1v) is 7.22. The number of benzene rings is 2. The summed E-state index contributed by atoms with van der Waals surface area (Å²) in [6, 6.07) is 17.4. The number of hydrogen-bond donors (Lipinski definition) is 0. The first-order valence-electron chi connectivity index (χ1n) is 7.22. The molecule has 0 bridgehead atoms. The lowest BCUT2D eigenvalue weighted by atomic mass is 9.91. The van der Waals surface area contributed by atoms with Gasteiger partial charge in [0.1, 0.15) is 0 Å². The third-order valence-electron chi connectivity index (χ3n) is 4.08. The SMILES string of the molecule is CC1=CC(c2ccccc2C(=O)c2ccccc2)C=C1C. The van der Waals surface area contributed by atoms with E-state index in [2.05, 4.69) is 32.1 Å². The average molecular weight is 274 g/mol. The standard InChI is InChI=1S/C20H18O/c1-14-12-17(13-15(14)2)18-10-6-7-11-19(18)20(21)16-8-4-3-5-9-16/h3-13,17H,1-2H3. The molecule has 1 nitrogen and oxygen atoms in total. The maximum atomic E-state index is 12.7. The van der Waals surface area contributed by atoms with Gasteiger partial charge in [-0.1, -0.05) is 77.9 Å². The van der Waals surface area contributed by atoms with Gasteiger partial charge in [-0.25, -0.2) is 0 Å². The molecule has 0 saturated carbocycles. The molecule has 1 aliphatic carbocycles. The smallest absolute Gasteiger partial charge is 0.193 e. The lowest BCUT2D eigenvalue weighted by molar-refractivity contribution is 0.103. The lowest BCUT2D eigenvalue weighted by Crippen LogP contribution is -2.06. The van der Waals surface area contributed by atoms with E-state index in [1.807, 2.05) is 48.5 Å². The van der Waals surface area contributed by atoms with Crippen LogP contribution < -0.4 is 0 Å². The Hall–Kier alpha value is -2.41. The molecule has 21 heavy (non-hydrogen) atoms. The van der Waals surface area contributed by atoms with Gasteiger partial charge in [0, 0.05) is 17.0 Å². The summed E-state index contributed by atoms with van der Waals surface area (Å²) in [6.07, 6.45) is 4.46. The number of carbonyl (C=O) groups excluding carboxylic acids is 1. The van der Waals surface area contributed by atoms with Crippen LogP contribution in [0.5, 0.6) is 0 Å². The van der Waals surface area contributed by atoms with E-state index in [-0.39, 0.29) is 11.7 Å². The molecule has 0 aromatic heterocycles. The molecule has 1 aliphatic rings. The fraction of sp³-hybridized carbons (Fsp3) is 0.150. The van der Waals surface area contributed by atoms with E-state index in [1.165, 1.54) is 11.1 Å². The van der Waals surface area contributed by atoms with Crippen LogP contribution in [0.1, 0.15) is 41.3 Å². The van der Waals surface area contributed by atoms with Crippen molar-refractivity contribution < 1.29 is 4.79 Å². The summed E-state index contributed by atoms with van der Waals surface area (Å²) in [7, 11) is 0. The van der Waals surface area contributed by atoms with E-state index in [9.17, 15) is 4.79 Å². The van der Waals surface area contributed by atoms with Gasteiger partial charge in [-0.15, -0.1) is 0 Å². The van der Waals surface area contributed by atoms with Crippen LogP contribution in [0, 0.1) is 0 Å². The highest BCUT2D eigenvalue weighted by Crippen LogP contribution is 2.33. The first kappa shape index (κ1) is 13.6. The van der Waals surface area contributed by atoms with Gasteiger partial charge in [0.25, 0.3) is 0 Å².